The van der Waals surface area contributed by atoms with E-state index in [0.29, 0.717) is 22.9 Å². The Balaban J connectivity index is 2.00. The number of aliphatic carboxylic acids is 1. The van der Waals surface area contributed by atoms with Crippen molar-refractivity contribution >= 4 is 17.6 Å². The molecule has 2 aliphatic carbocycles. The van der Waals surface area contributed by atoms with E-state index in [-0.39, 0.29) is 5.92 Å². The molecule has 2 saturated carbocycles. The van der Waals surface area contributed by atoms with Gasteiger partial charge in [0.25, 0.3) is 0 Å². The highest BCUT2D eigenvalue weighted by Gasteiger charge is 2.52. The number of aliphatic hydroxyl groups is 1. The van der Waals surface area contributed by atoms with E-state index in [1.165, 1.54) is 6.42 Å². The number of benzene rings is 1. The van der Waals surface area contributed by atoms with E-state index in [1.54, 1.807) is 24.3 Å². The highest BCUT2D eigenvalue weighted by molar-refractivity contribution is 6.30. The zero-order chi connectivity index (χ0) is 15.7. The first-order valence-corrected chi connectivity index (χ1v) is 8.61. The van der Waals surface area contributed by atoms with Gasteiger partial charge in [-0.1, -0.05) is 49.4 Å². The van der Waals surface area contributed by atoms with Gasteiger partial charge in [0.2, 0.25) is 0 Å². The van der Waals surface area contributed by atoms with Crippen LogP contribution in [0.1, 0.15) is 56.4 Å². The average Bonchev–Trinajstić information content (AvgIpc) is 2.47. The van der Waals surface area contributed by atoms with Crippen molar-refractivity contribution in [1.29, 1.82) is 0 Å². The molecule has 2 N–H and O–H groups in total. The number of fused-ring (bicyclic) bond motifs is 1. The zero-order valence-corrected chi connectivity index (χ0v) is 13.4. The first-order valence-electron chi connectivity index (χ1n) is 8.23. The number of hydrogen-bond acceptors (Lipinski definition) is 2. The number of carboxylic acid groups (broad SMARTS) is 1. The molecule has 3 rings (SSSR count). The molecule has 120 valence electrons. The highest BCUT2D eigenvalue weighted by Crippen LogP contribution is 2.51. The molecule has 2 aliphatic rings. The lowest BCUT2D eigenvalue weighted by atomic mass is 9.58. The molecule has 3 nitrogen and oxygen atoms in total. The van der Waals surface area contributed by atoms with Gasteiger partial charge in [0.1, 0.15) is 5.92 Å². The van der Waals surface area contributed by atoms with Crippen LogP contribution in [-0.4, -0.2) is 21.8 Å². The van der Waals surface area contributed by atoms with Gasteiger partial charge in [0, 0.05) is 5.02 Å². The van der Waals surface area contributed by atoms with E-state index in [1.807, 2.05) is 0 Å². The summed E-state index contributed by atoms with van der Waals surface area (Å²) in [6, 6.07) is 6.95. The molecule has 0 bridgehead atoms. The molecule has 22 heavy (non-hydrogen) atoms. The van der Waals surface area contributed by atoms with Gasteiger partial charge in [-0.25, -0.2) is 0 Å². The van der Waals surface area contributed by atoms with Crippen molar-refractivity contribution < 1.29 is 15.0 Å². The van der Waals surface area contributed by atoms with E-state index in [2.05, 4.69) is 0 Å². The Morgan fingerprint density at radius 1 is 1.23 bits per heavy atom. The number of hydrogen-bond donors (Lipinski definition) is 2. The van der Waals surface area contributed by atoms with Gasteiger partial charge in [-0.15, -0.1) is 0 Å². The van der Waals surface area contributed by atoms with Gasteiger partial charge in [0.05, 0.1) is 5.60 Å². The molecular formula is C18H23ClO3. The normalized spacial score (nSPS) is 33.0. The van der Waals surface area contributed by atoms with Crippen LogP contribution in [0.25, 0.3) is 0 Å². The summed E-state index contributed by atoms with van der Waals surface area (Å²) in [6.45, 7) is 0. The van der Waals surface area contributed by atoms with Crippen molar-refractivity contribution in [3.8, 4) is 0 Å². The molecule has 2 fully saturated rings. The average molecular weight is 323 g/mol. The van der Waals surface area contributed by atoms with Gasteiger partial charge < -0.3 is 10.2 Å². The second kappa shape index (κ2) is 6.21. The number of rotatable bonds is 3. The standard InChI is InChI=1S/C18H23ClO3/c19-14-8-3-6-13(11-14)16(17(20)21)18(22)10-4-7-12-5-1-2-9-15(12)18/h3,6,8,11-12,15-16,22H,1-2,4-5,7,9-10H2,(H,20,21). The van der Waals surface area contributed by atoms with Crippen LogP contribution in [0.4, 0.5) is 0 Å². The first kappa shape index (κ1) is 15.8. The van der Waals surface area contributed by atoms with Gasteiger partial charge in [-0.2, -0.15) is 0 Å². The largest absolute Gasteiger partial charge is 0.481 e. The van der Waals surface area contributed by atoms with E-state index in [4.69, 9.17) is 11.6 Å². The minimum Gasteiger partial charge on any atom is -0.481 e. The van der Waals surface area contributed by atoms with Gasteiger partial charge in [-0.05, 0) is 48.8 Å². The van der Waals surface area contributed by atoms with E-state index >= 15 is 0 Å². The Bertz CT molecular complexity index is 557. The lowest BCUT2D eigenvalue weighted by molar-refractivity contribution is -0.158. The van der Waals surface area contributed by atoms with Gasteiger partial charge in [0.15, 0.2) is 0 Å². The lowest BCUT2D eigenvalue weighted by Crippen LogP contribution is -2.52. The van der Waals surface area contributed by atoms with Crippen molar-refractivity contribution in [1.82, 2.24) is 0 Å². The Labute approximate surface area is 136 Å². The van der Waals surface area contributed by atoms with Crippen molar-refractivity contribution in [2.75, 3.05) is 0 Å². The van der Waals surface area contributed by atoms with Crippen LogP contribution in [0.3, 0.4) is 0 Å². The third-order valence-electron chi connectivity index (χ3n) is 5.63. The first-order chi connectivity index (χ1) is 10.5. The second-order valence-electron chi connectivity index (χ2n) is 6.86. The van der Waals surface area contributed by atoms with Crippen LogP contribution in [0.15, 0.2) is 24.3 Å². The third-order valence-corrected chi connectivity index (χ3v) is 5.87. The molecule has 0 spiro atoms. The van der Waals surface area contributed by atoms with Crippen molar-refractivity contribution in [3.63, 3.8) is 0 Å². The molecular weight excluding hydrogens is 300 g/mol. The summed E-state index contributed by atoms with van der Waals surface area (Å²) in [7, 11) is 0. The lowest BCUT2D eigenvalue weighted by Gasteiger charge is -2.50. The van der Waals surface area contributed by atoms with Crippen LogP contribution >= 0.6 is 11.6 Å². The Kier molecular flexibility index (Phi) is 4.47. The summed E-state index contributed by atoms with van der Waals surface area (Å²) < 4.78 is 0. The molecule has 1 aromatic rings. The number of carboxylic acids is 1. The summed E-state index contributed by atoms with van der Waals surface area (Å²) in [4.78, 5) is 12.0. The fraction of sp³-hybridized carbons (Fsp3) is 0.611. The quantitative estimate of drug-likeness (QED) is 0.875. The van der Waals surface area contributed by atoms with Crippen molar-refractivity contribution in [2.45, 2.75) is 56.5 Å². The summed E-state index contributed by atoms with van der Waals surface area (Å²) in [5, 5.41) is 21.8. The van der Waals surface area contributed by atoms with E-state index < -0.39 is 17.5 Å². The Morgan fingerprint density at radius 3 is 2.68 bits per heavy atom. The summed E-state index contributed by atoms with van der Waals surface area (Å²) in [6.07, 6.45) is 6.94. The van der Waals surface area contributed by atoms with E-state index in [0.717, 1.165) is 32.1 Å². The molecule has 0 saturated heterocycles. The third kappa shape index (κ3) is 2.77. The molecule has 1 aromatic carbocycles. The second-order valence-corrected chi connectivity index (χ2v) is 7.30. The SMILES string of the molecule is O=C(O)C(c1cccc(Cl)c1)C1(O)CCCC2CCCCC21. The predicted molar refractivity (Wildman–Crippen MR) is 86.1 cm³/mol. The maximum Gasteiger partial charge on any atom is 0.313 e. The molecule has 0 heterocycles. The molecule has 4 unspecified atom stereocenters. The maximum atomic E-state index is 12.0. The number of carbonyl (C=O) groups is 1. The molecule has 0 amide bonds. The van der Waals surface area contributed by atoms with Gasteiger partial charge >= 0.3 is 5.97 Å². The predicted octanol–water partition coefficient (Wildman–Crippen LogP) is 4.23. The van der Waals surface area contributed by atoms with Crippen LogP contribution < -0.4 is 0 Å². The summed E-state index contributed by atoms with van der Waals surface area (Å²) >= 11 is 6.04. The zero-order valence-electron chi connectivity index (χ0n) is 12.7. The van der Waals surface area contributed by atoms with Crippen molar-refractivity contribution in [3.05, 3.63) is 34.9 Å². The summed E-state index contributed by atoms with van der Waals surface area (Å²) in [5.41, 5.74) is -0.534. The molecule has 0 aliphatic heterocycles. The Morgan fingerprint density at radius 2 is 1.95 bits per heavy atom. The van der Waals surface area contributed by atoms with Crippen LogP contribution in [0, 0.1) is 11.8 Å². The smallest absolute Gasteiger partial charge is 0.313 e. The fourth-order valence-corrected chi connectivity index (χ4v) is 4.93. The van der Waals surface area contributed by atoms with Crippen LogP contribution in [0.5, 0.6) is 0 Å². The molecule has 0 aromatic heterocycles. The van der Waals surface area contributed by atoms with Crippen LogP contribution in [0.2, 0.25) is 5.02 Å². The fourth-order valence-electron chi connectivity index (χ4n) is 4.73. The maximum absolute atomic E-state index is 12.0. The molecule has 0 radical (unpaired) electrons. The molecule has 4 heteroatoms. The minimum atomic E-state index is -1.15. The summed E-state index contributed by atoms with van der Waals surface area (Å²) in [5.74, 6) is -1.28. The molecule has 4 atom stereocenters. The van der Waals surface area contributed by atoms with Crippen LogP contribution in [-0.2, 0) is 4.79 Å². The van der Waals surface area contributed by atoms with E-state index in [9.17, 15) is 15.0 Å². The topological polar surface area (TPSA) is 57.5 Å². The van der Waals surface area contributed by atoms with Gasteiger partial charge in [-0.3, -0.25) is 4.79 Å². The number of halogens is 1. The van der Waals surface area contributed by atoms with Crippen molar-refractivity contribution in [2.24, 2.45) is 11.8 Å². The monoisotopic (exact) mass is 322 g/mol. The Hall–Kier alpha value is -1.06. The minimum absolute atomic E-state index is 0.0927. The highest BCUT2D eigenvalue weighted by atomic mass is 35.5.